The van der Waals surface area contributed by atoms with Crippen LogP contribution in [0.25, 0.3) is 0 Å². The molecule has 0 saturated heterocycles. The standard InChI is InChI=1S/C11H13N3O2/c1-11(13-16)9(12-14(2)10(11)15)8-6-4-3-5-7-8/h3-7,13,16H,1-2H3. The third-order valence-electron chi connectivity index (χ3n) is 2.72. The largest absolute Gasteiger partial charge is 0.315 e. The lowest BCUT2D eigenvalue weighted by molar-refractivity contribution is -0.134. The van der Waals surface area contributed by atoms with E-state index in [1.54, 1.807) is 14.0 Å². The fourth-order valence-electron chi connectivity index (χ4n) is 1.76. The summed E-state index contributed by atoms with van der Waals surface area (Å²) in [5, 5.41) is 14.5. The molecule has 1 aromatic rings. The normalized spacial score (nSPS) is 24.8. The van der Waals surface area contributed by atoms with Gasteiger partial charge < -0.3 is 5.21 Å². The lowest BCUT2D eigenvalue weighted by atomic mass is 9.91. The molecule has 1 atom stereocenters. The average molecular weight is 219 g/mol. The smallest absolute Gasteiger partial charge is 0.270 e. The molecular weight excluding hydrogens is 206 g/mol. The first-order chi connectivity index (χ1) is 7.59. The summed E-state index contributed by atoms with van der Waals surface area (Å²) in [4.78, 5) is 11.8. The van der Waals surface area contributed by atoms with E-state index in [0.717, 1.165) is 5.56 Å². The van der Waals surface area contributed by atoms with Crippen molar-refractivity contribution in [3.05, 3.63) is 35.9 Å². The minimum absolute atomic E-state index is 0.283. The van der Waals surface area contributed by atoms with E-state index in [0.29, 0.717) is 5.71 Å². The Balaban J connectivity index is 2.49. The van der Waals surface area contributed by atoms with Crippen LogP contribution in [0.2, 0.25) is 0 Å². The van der Waals surface area contributed by atoms with Crippen LogP contribution in [0.3, 0.4) is 0 Å². The van der Waals surface area contributed by atoms with E-state index in [4.69, 9.17) is 5.21 Å². The van der Waals surface area contributed by atoms with Crippen LogP contribution in [0.5, 0.6) is 0 Å². The van der Waals surface area contributed by atoms with Crippen molar-refractivity contribution in [2.24, 2.45) is 5.10 Å². The van der Waals surface area contributed by atoms with E-state index in [9.17, 15) is 4.79 Å². The van der Waals surface area contributed by atoms with Crippen molar-refractivity contribution in [3.8, 4) is 0 Å². The number of amides is 1. The number of nitrogens with zero attached hydrogens (tertiary/aromatic N) is 2. The van der Waals surface area contributed by atoms with Gasteiger partial charge in [-0.2, -0.15) is 10.6 Å². The summed E-state index contributed by atoms with van der Waals surface area (Å²) in [6.07, 6.45) is 0. The van der Waals surface area contributed by atoms with Gasteiger partial charge in [0.25, 0.3) is 5.91 Å². The first kappa shape index (κ1) is 10.8. The van der Waals surface area contributed by atoms with Crippen LogP contribution in [-0.4, -0.2) is 34.4 Å². The molecule has 0 spiro atoms. The quantitative estimate of drug-likeness (QED) is 0.716. The van der Waals surface area contributed by atoms with Gasteiger partial charge in [-0.25, -0.2) is 5.01 Å². The molecule has 84 valence electrons. The predicted molar refractivity (Wildman–Crippen MR) is 59.1 cm³/mol. The molecule has 16 heavy (non-hydrogen) atoms. The zero-order chi connectivity index (χ0) is 11.8. The van der Waals surface area contributed by atoms with Crippen molar-refractivity contribution >= 4 is 11.6 Å². The summed E-state index contributed by atoms with van der Waals surface area (Å²) in [5.41, 5.74) is 2.20. The molecule has 2 N–H and O–H groups in total. The van der Waals surface area contributed by atoms with Crippen LogP contribution in [0.1, 0.15) is 12.5 Å². The number of benzene rings is 1. The summed E-state index contributed by atoms with van der Waals surface area (Å²) >= 11 is 0. The van der Waals surface area contributed by atoms with Gasteiger partial charge >= 0.3 is 0 Å². The molecule has 5 nitrogen and oxygen atoms in total. The second-order valence-electron chi connectivity index (χ2n) is 3.88. The molecule has 0 saturated carbocycles. The third-order valence-corrected chi connectivity index (χ3v) is 2.72. The van der Waals surface area contributed by atoms with Crippen LogP contribution in [0, 0.1) is 0 Å². The van der Waals surface area contributed by atoms with Crippen molar-refractivity contribution in [2.45, 2.75) is 12.5 Å². The number of hydroxylamine groups is 1. The second-order valence-corrected chi connectivity index (χ2v) is 3.88. The maximum atomic E-state index is 11.8. The van der Waals surface area contributed by atoms with E-state index < -0.39 is 5.54 Å². The zero-order valence-corrected chi connectivity index (χ0v) is 9.14. The molecule has 5 heteroatoms. The minimum Gasteiger partial charge on any atom is -0.315 e. The maximum absolute atomic E-state index is 11.8. The van der Waals surface area contributed by atoms with Crippen molar-refractivity contribution in [3.63, 3.8) is 0 Å². The molecule has 1 unspecified atom stereocenters. The van der Waals surface area contributed by atoms with Crippen molar-refractivity contribution in [1.29, 1.82) is 0 Å². The van der Waals surface area contributed by atoms with E-state index >= 15 is 0 Å². The molecule has 2 rings (SSSR count). The Bertz CT molecular complexity index is 444. The van der Waals surface area contributed by atoms with Gasteiger partial charge in [-0.1, -0.05) is 30.3 Å². The van der Waals surface area contributed by atoms with Crippen molar-refractivity contribution < 1.29 is 10.0 Å². The van der Waals surface area contributed by atoms with Gasteiger partial charge in [0.1, 0.15) is 0 Å². The predicted octanol–water partition coefficient (Wildman–Crippen LogP) is 0.600. The molecule has 0 bridgehead atoms. The molecule has 0 aromatic heterocycles. The molecule has 0 fully saturated rings. The highest BCUT2D eigenvalue weighted by Crippen LogP contribution is 2.23. The number of nitrogens with one attached hydrogen (secondary N) is 1. The molecule has 0 radical (unpaired) electrons. The summed E-state index contributed by atoms with van der Waals surface area (Å²) < 4.78 is 0. The zero-order valence-electron chi connectivity index (χ0n) is 9.14. The second kappa shape index (κ2) is 3.70. The lowest BCUT2D eigenvalue weighted by Crippen LogP contribution is -2.53. The van der Waals surface area contributed by atoms with Gasteiger partial charge in [0, 0.05) is 12.6 Å². The number of hydrazone groups is 1. The average Bonchev–Trinajstić information content (AvgIpc) is 2.56. The Hall–Kier alpha value is -1.72. The highest BCUT2D eigenvalue weighted by Gasteiger charge is 2.46. The number of rotatable bonds is 2. The van der Waals surface area contributed by atoms with E-state index in [1.807, 2.05) is 35.8 Å². The fourth-order valence-corrected chi connectivity index (χ4v) is 1.76. The topological polar surface area (TPSA) is 64.9 Å². The van der Waals surface area contributed by atoms with E-state index in [-0.39, 0.29) is 5.91 Å². The first-order valence-electron chi connectivity index (χ1n) is 4.93. The lowest BCUT2D eigenvalue weighted by Gasteiger charge is -2.21. The molecule has 0 aliphatic carbocycles. The van der Waals surface area contributed by atoms with Crippen LogP contribution in [0.4, 0.5) is 0 Å². The molecule has 1 aliphatic rings. The molecule has 1 aliphatic heterocycles. The number of likely N-dealkylation sites (N-methyl/N-ethyl adjacent to an activating group) is 1. The molecule has 1 heterocycles. The Labute approximate surface area is 93.3 Å². The number of hydrogen-bond acceptors (Lipinski definition) is 4. The Morgan fingerprint density at radius 3 is 2.56 bits per heavy atom. The number of carbonyl (C=O) groups is 1. The van der Waals surface area contributed by atoms with Gasteiger partial charge in [-0.3, -0.25) is 4.79 Å². The SMILES string of the molecule is CN1N=C(c2ccccc2)C(C)(NO)C1=O. The van der Waals surface area contributed by atoms with Gasteiger partial charge in [-0.05, 0) is 6.92 Å². The van der Waals surface area contributed by atoms with Gasteiger partial charge in [-0.15, -0.1) is 0 Å². The summed E-state index contributed by atoms with van der Waals surface area (Å²) in [6.45, 7) is 1.60. The van der Waals surface area contributed by atoms with Crippen LogP contribution in [-0.2, 0) is 4.79 Å². The van der Waals surface area contributed by atoms with Crippen molar-refractivity contribution in [1.82, 2.24) is 10.5 Å². The molecule has 1 aromatic carbocycles. The first-order valence-corrected chi connectivity index (χ1v) is 4.93. The number of carbonyl (C=O) groups excluding carboxylic acids is 1. The van der Waals surface area contributed by atoms with Crippen molar-refractivity contribution in [2.75, 3.05) is 7.05 Å². The van der Waals surface area contributed by atoms with Gasteiger partial charge in [0.2, 0.25) is 0 Å². The Morgan fingerprint density at radius 1 is 1.38 bits per heavy atom. The summed E-state index contributed by atoms with van der Waals surface area (Å²) in [6, 6.07) is 9.30. The van der Waals surface area contributed by atoms with Crippen LogP contribution in [0.15, 0.2) is 35.4 Å². The highest BCUT2D eigenvalue weighted by atomic mass is 16.5. The summed E-state index contributed by atoms with van der Waals surface area (Å²) in [5.74, 6) is -0.283. The van der Waals surface area contributed by atoms with E-state index in [2.05, 4.69) is 5.10 Å². The van der Waals surface area contributed by atoms with Gasteiger partial charge in [0.05, 0.1) is 5.71 Å². The van der Waals surface area contributed by atoms with Crippen LogP contribution >= 0.6 is 0 Å². The monoisotopic (exact) mass is 219 g/mol. The maximum Gasteiger partial charge on any atom is 0.270 e. The Morgan fingerprint density at radius 2 is 2.00 bits per heavy atom. The summed E-state index contributed by atoms with van der Waals surface area (Å²) in [7, 11) is 1.56. The van der Waals surface area contributed by atoms with Crippen LogP contribution < -0.4 is 5.48 Å². The minimum atomic E-state index is -1.17. The molecular formula is C11H13N3O2. The highest BCUT2D eigenvalue weighted by molar-refractivity contribution is 6.22. The number of hydrogen-bond donors (Lipinski definition) is 2. The Kier molecular flexibility index (Phi) is 2.49. The van der Waals surface area contributed by atoms with E-state index in [1.165, 1.54) is 5.01 Å². The fraction of sp³-hybridized carbons (Fsp3) is 0.273. The molecule has 1 amide bonds. The third kappa shape index (κ3) is 1.41. The van der Waals surface area contributed by atoms with Gasteiger partial charge in [0.15, 0.2) is 5.54 Å².